The fraction of sp³-hybridized carbons (Fsp3) is 0.273. The van der Waals surface area contributed by atoms with E-state index in [1.54, 1.807) is 36.3 Å². The number of anilines is 1. The molecule has 1 amide bonds. The Morgan fingerprint density at radius 2 is 1.90 bits per heavy atom. The van der Waals surface area contributed by atoms with Gasteiger partial charge in [0, 0.05) is 18.4 Å². The van der Waals surface area contributed by atoms with Gasteiger partial charge in [0.1, 0.15) is 17.2 Å². The van der Waals surface area contributed by atoms with E-state index in [1.807, 2.05) is 24.3 Å². The summed E-state index contributed by atoms with van der Waals surface area (Å²) < 4.78 is 10.5. The Hall–Kier alpha value is -2.48. The molecule has 1 aliphatic heterocycles. The second-order valence-electron chi connectivity index (χ2n) is 6.44. The van der Waals surface area contributed by atoms with Gasteiger partial charge in [0.2, 0.25) is 0 Å². The number of carbonyl (C=O) groups excluding carboxylic acids is 1. The summed E-state index contributed by atoms with van der Waals surface area (Å²) in [7, 11) is 3.14. The number of hydrogen-bond donors (Lipinski definition) is 1. The van der Waals surface area contributed by atoms with E-state index in [9.17, 15) is 4.79 Å². The fourth-order valence-electron chi connectivity index (χ4n) is 2.84. The van der Waals surface area contributed by atoms with E-state index in [2.05, 4.69) is 4.99 Å². The lowest BCUT2D eigenvalue weighted by Gasteiger charge is -2.19. The topological polar surface area (TPSA) is 71.4 Å². The minimum atomic E-state index is -0.222. The van der Waals surface area contributed by atoms with Gasteiger partial charge in [0.15, 0.2) is 5.17 Å². The van der Waals surface area contributed by atoms with Crippen LogP contribution in [0.4, 0.5) is 5.69 Å². The van der Waals surface area contributed by atoms with E-state index in [-0.39, 0.29) is 12.5 Å². The molecule has 0 spiro atoms. The van der Waals surface area contributed by atoms with Crippen molar-refractivity contribution in [2.75, 3.05) is 31.5 Å². The van der Waals surface area contributed by atoms with Gasteiger partial charge in [-0.25, -0.2) is 4.99 Å². The second kappa shape index (κ2) is 10.5. The van der Waals surface area contributed by atoms with Crippen LogP contribution in [0.1, 0.15) is 18.4 Å². The number of hydrogen-bond acceptors (Lipinski definition) is 6. The van der Waals surface area contributed by atoms with Crippen LogP contribution in [-0.4, -0.2) is 42.8 Å². The van der Waals surface area contributed by atoms with Crippen LogP contribution in [0.3, 0.4) is 0 Å². The van der Waals surface area contributed by atoms with Crippen molar-refractivity contribution in [1.82, 2.24) is 0 Å². The van der Waals surface area contributed by atoms with E-state index in [0.29, 0.717) is 33.7 Å². The van der Waals surface area contributed by atoms with Crippen molar-refractivity contribution in [2.24, 2.45) is 4.99 Å². The van der Waals surface area contributed by atoms with Crippen molar-refractivity contribution < 1.29 is 19.4 Å². The van der Waals surface area contributed by atoms with Gasteiger partial charge in [0.25, 0.3) is 5.91 Å². The predicted octanol–water partition coefficient (Wildman–Crippen LogP) is 4.61. The predicted molar refractivity (Wildman–Crippen MR) is 123 cm³/mol. The SMILES string of the molecule is COc1ccc(/C=C2/N=C(SCCCCO)N(c3ccc(Cl)c(OC)c3)C2=O)cc1. The van der Waals surface area contributed by atoms with Crippen molar-refractivity contribution in [3.63, 3.8) is 0 Å². The van der Waals surface area contributed by atoms with Crippen molar-refractivity contribution in [3.8, 4) is 11.5 Å². The number of rotatable bonds is 8. The third kappa shape index (κ3) is 5.16. The van der Waals surface area contributed by atoms with Gasteiger partial charge in [-0.15, -0.1) is 0 Å². The van der Waals surface area contributed by atoms with Crippen molar-refractivity contribution in [2.45, 2.75) is 12.8 Å². The lowest BCUT2D eigenvalue weighted by molar-refractivity contribution is -0.113. The van der Waals surface area contributed by atoms with Gasteiger partial charge in [-0.05, 0) is 48.7 Å². The molecule has 1 heterocycles. The Bertz CT molecular complexity index is 960. The molecule has 0 saturated heterocycles. The molecular formula is C22H23ClN2O4S. The molecule has 0 saturated carbocycles. The summed E-state index contributed by atoms with van der Waals surface area (Å²) in [4.78, 5) is 19.4. The summed E-state index contributed by atoms with van der Waals surface area (Å²) >= 11 is 7.62. The van der Waals surface area contributed by atoms with Crippen LogP contribution >= 0.6 is 23.4 Å². The van der Waals surface area contributed by atoms with E-state index >= 15 is 0 Å². The molecule has 0 unspecified atom stereocenters. The first-order chi connectivity index (χ1) is 14.6. The highest BCUT2D eigenvalue weighted by atomic mass is 35.5. The van der Waals surface area contributed by atoms with Crippen molar-refractivity contribution >= 4 is 46.2 Å². The number of amides is 1. The van der Waals surface area contributed by atoms with Gasteiger partial charge < -0.3 is 14.6 Å². The monoisotopic (exact) mass is 446 g/mol. The van der Waals surface area contributed by atoms with Crippen LogP contribution in [0.15, 0.2) is 53.2 Å². The van der Waals surface area contributed by atoms with Gasteiger partial charge in [0.05, 0.1) is 24.9 Å². The molecule has 0 radical (unpaired) electrons. The van der Waals surface area contributed by atoms with E-state index < -0.39 is 0 Å². The third-order valence-electron chi connectivity index (χ3n) is 4.43. The first kappa shape index (κ1) is 22.2. The molecule has 30 heavy (non-hydrogen) atoms. The summed E-state index contributed by atoms with van der Waals surface area (Å²) in [5.41, 5.74) is 1.83. The number of aliphatic hydroxyl groups is 1. The third-order valence-corrected chi connectivity index (χ3v) is 5.76. The second-order valence-corrected chi connectivity index (χ2v) is 7.90. The smallest absolute Gasteiger partial charge is 0.283 e. The summed E-state index contributed by atoms with van der Waals surface area (Å²) in [6.07, 6.45) is 3.28. The number of amidine groups is 1. The van der Waals surface area contributed by atoms with Crippen LogP contribution in [0.25, 0.3) is 6.08 Å². The number of thioether (sulfide) groups is 1. The number of ether oxygens (including phenoxy) is 2. The number of benzene rings is 2. The average molecular weight is 447 g/mol. The van der Waals surface area contributed by atoms with Crippen molar-refractivity contribution in [3.05, 3.63) is 58.7 Å². The summed E-state index contributed by atoms with van der Waals surface area (Å²) in [5.74, 6) is 1.75. The number of carbonyl (C=O) groups is 1. The molecule has 158 valence electrons. The molecule has 0 aromatic heterocycles. The molecule has 3 rings (SSSR count). The molecule has 1 aliphatic rings. The maximum atomic E-state index is 13.2. The number of nitrogens with zero attached hydrogens (tertiary/aromatic N) is 2. The van der Waals surface area contributed by atoms with Crippen LogP contribution in [-0.2, 0) is 4.79 Å². The minimum Gasteiger partial charge on any atom is -0.497 e. The van der Waals surface area contributed by atoms with Gasteiger partial charge in [-0.2, -0.15) is 0 Å². The van der Waals surface area contributed by atoms with Gasteiger partial charge in [-0.1, -0.05) is 35.5 Å². The number of methoxy groups -OCH3 is 2. The molecule has 8 heteroatoms. The zero-order chi connectivity index (χ0) is 21.5. The number of aliphatic imine (C=N–C) groups is 1. The number of halogens is 1. The Morgan fingerprint density at radius 1 is 1.13 bits per heavy atom. The average Bonchev–Trinajstić information content (AvgIpc) is 3.07. The van der Waals surface area contributed by atoms with E-state index in [4.69, 9.17) is 26.2 Å². The Labute approximate surface area is 185 Å². The maximum Gasteiger partial charge on any atom is 0.283 e. The number of unbranched alkanes of at least 4 members (excludes halogenated alkanes) is 1. The summed E-state index contributed by atoms with van der Waals surface area (Å²) in [5, 5.41) is 10.1. The molecule has 0 fully saturated rings. The highest BCUT2D eigenvalue weighted by Crippen LogP contribution is 2.34. The fourth-order valence-corrected chi connectivity index (χ4v) is 4.05. The lowest BCUT2D eigenvalue weighted by atomic mass is 10.2. The minimum absolute atomic E-state index is 0.146. The van der Waals surface area contributed by atoms with Crippen LogP contribution in [0.5, 0.6) is 11.5 Å². The molecule has 1 N–H and O–H groups in total. The molecular weight excluding hydrogens is 424 g/mol. The van der Waals surface area contributed by atoms with Gasteiger partial charge >= 0.3 is 0 Å². The highest BCUT2D eigenvalue weighted by molar-refractivity contribution is 8.14. The zero-order valence-electron chi connectivity index (χ0n) is 16.8. The van der Waals surface area contributed by atoms with Crippen LogP contribution < -0.4 is 14.4 Å². The Kier molecular flexibility index (Phi) is 7.79. The quantitative estimate of drug-likeness (QED) is 0.473. The molecule has 0 aliphatic carbocycles. The van der Waals surface area contributed by atoms with Crippen molar-refractivity contribution in [1.29, 1.82) is 0 Å². The Balaban J connectivity index is 1.92. The lowest BCUT2D eigenvalue weighted by Crippen LogP contribution is -2.30. The molecule has 2 aromatic rings. The summed E-state index contributed by atoms with van der Waals surface area (Å²) in [6, 6.07) is 12.6. The first-order valence-electron chi connectivity index (χ1n) is 9.43. The summed E-state index contributed by atoms with van der Waals surface area (Å²) in [6.45, 7) is 0.146. The Morgan fingerprint density at radius 3 is 2.57 bits per heavy atom. The molecule has 0 bridgehead atoms. The van der Waals surface area contributed by atoms with Gasteiger partial charge in [-0.3, -0.25) is 9.69 Å². The largest absolute Gasteiger partial charge is 0.497 e. The number of aliphatic hydroxyl groups excluding tert-OH is 1. The zero-order valence-corrected chi connectivity index (χ0v) is 18.4. The molecule has 0 atom stereocenters. The standard InChI is InChI=1S/C22H23ClN2O4S/c1-28-17-8-5-15(6-9-17)13-19-21(27)25(22(24-19)30-12-4-3-11-26)16-7-10-18(23)20(14-16)29-2/h5-10,13-14,26H,3-4,11-12H2,1-2H3/b19-13+. The highest BCUT2D eigenvalue weighted by Gasteiger charge is 2.32. The maximum absolute atomic E-state index is 13.2. The van der Waals surface area contributed by atoms with Crippen LogP contribution in [0.2, 0.25) is 5.02 Å². The first-order valence-corrected chi connectivity index (χ1v) is 10.8. The van der Waals surface area contributed by atoms with E-state index in [0.717, 1.165) is 23.5 Å². The van der Waals surface area contributed by atoms with E-state index in [1.165, 1.54) is 18.9 Å². The van der Waals surface area contributed by atoms with Crippen LogP contribution in [0, 0.1) is 0 Å². The normalized spacial score (nSPS) is 14.9. The molecule has 6 nitrogen and oxygen atoms in total. The molecule has 2 aromatic carbocycles.